The first-order chi connectivity index (χ1) is 42.9. The lowest BCUT2D eigenvalue weighted by Crippen LogP contribution is -2.38. The summed E-state index contributed by atoms with van der Waals surface area (Å²) in [5, 5.41) is 25.7. The molecule has 4 bridgehead atoms. The van der Waals surface area contributed by atoms with Gasteiger partial charge < -0.3 is 14.9 Å². The average Bonchev–Trinajstić information content (AvgIpc) is 1.54. The molecule has 88 heavy (non-hydrogen) atoms. The average molecular weight is 1170 g/mol. The number of benzene rings is 4. The van der Waals surface area contributed by atoms with Gasteiger partial charge in [0.1, 0.15) is 0 Å². The molecule has 0 spiro atoms. The molecule has 2 saturated heterocycles. The third-order valence-corrected chi connectivity index (χ3v) is 18.1. The number of pyridine rings is 4. The standard InChI is InChI=1S/2C35H29N3O3.C4H8O2/c2*1-2-38-33(39)30-24-21-25(35(41,23-15-7-4-8-16-23)27-18-10-12-20-37-27)31(32(30)34(38)40)29(24)28(22-13-5-3-6-14-22)26-17-9-11-19-36-26;1-3-6-4(2)5/h2*3-21,24,30-32,41H,2H2,1H3;3H2,1-2H3/b2*29-28-;. The summed E-state index contributed by atoms with van der Waals surface area (Å²) in [7, 11) is 0. The number of fused-ring (bicyclic) bond motifs is 10. The Morgan fingerprint density at radius 2 is 0.773 bits per heavy atom. The molecular formula is C74H66N6O8. The van der Waals surface area contributed by atoms with E-state index in [0.717, 1.165) is 44.8 Å². The lowest BCUT2D eigenvalue weighted by atomic mass is 9.71. The molecule has 4 fully saturated rings. The van der Waals surface area contributed by atoms with Crippen molar-refractivity contribution in [3.05, 3.63) is 298 Å². The van der Waals surface area contributed by atoms with Crippen LogP contribution in [0.4, 0.5) is 0 Å². The van der Waals surface area contributed by atoms with Crippen molar-refractivity contribution in [2.24, 2.45) is 47.3 Å². The SMILES string of the molecule is CCN1C(=O)C2C3C=C(C(O)(c4ccccc4)c4ccccn4)C(/C3=C(/c3ccccc3)c3ccccn3)C2C1=O.CCN1C(=O)C2C3C=C(C(O)(c4ccccc4)c4ccccn4)C(/C3=C(/c3ccccc3)c3ccccn3)C2C1=O.CCOC(C)=O. The highest BCUT2D eigenvalue weighted by Crippen LogP contribution is 2.66. The Hall–Kier alpha value is -9.89. The van der Waals surface area contributed by atoms with Gasteiger partial charge in [0.15, 0.2) is 11.2 Å². The Labute approximate surface area is 511 Å². The van der Waals surface area contributed by atoms with E-state index in [1.807, 2.05) is 220 Å². The summed E-state index contributed by atoms with van der Waals surface area (Å²) >= 11 is 0. The van der Waals surface area contributed by atoms with Gasteiger partial charge in [0, 0.05) is 79.6 Å². The normalized spacial score (nSPS) is 24.4. The van der Waals surface area contributed by atoms with Gasteiger partial charge in [-0.2, -0.15) is 0 Å². The summed E-state index contributed by atoms with van der Waals surface area (Å²) in [6, 6.07) is 61.5. The van der Waals surface area contributed by atoms with Crippen LogP contribution >= 0.6 is 0 Å². The highest BCUT2D eigenvalue weighted by atomic mass is 16.5. The van der Waals surface area contributed by atoms with Crippen molar-refractivity contribution >= 4 is 40.7 Å². The lowest BCUT2D eigenvalue weighted by Gasteiger charge is -2.36. The predicted molar refractivity (Wildman–Crippen MR) is 332 cm³/mol. The molecule has 2 saturated carbocycles. The number of hydrogen-bond donors (Lipinski definition) is 2. The fourth-order valence-corrected chi connectivity index (χ4v) is 14.7. The molecule has 4 aromatic heterocycles. The highest BCUT2D eigenvalue weighted by Gasteiger charge is 2.68. The predicted octanol–water partition coefficient (Wildman–Crippen LogP) is 10.6. The first-order valence-electron chi connectivity index (χ1n) is 30.0. The second-order valence-electron chi connectivity index (χ2n) is 22.5. The second kappa shape index (κ2) is 24.5. The Balaban J connectivity index is 0.000000157. The summed E-state index contributed by atoms with van der Waals surface area (Å²) < 4.78 is 4.40. The molecule has 6 heterocycles. The molecule has 6 aliphatic rings. The van der Waals surface area contributed by atoms with Gasteiger partial charge in [-0.1, -0.05) is 158 Å². The van der Waals surface area contributed by atoms with Crippen molar-refractivity contribution in [2.45, 2.75) is 38.9 Å². The Morgan fingerprint density at radius 1 is 0.443 bits per heavy atom. The van der Waals surface area contributed by atoms with E-state index in [-0.39, 0.29) is 41.4 Å². The fraction of sp³-hybridized carbons (Fsp3) is 0.230. The number of aliphatic hydroxyl groups is 2. The zero-order chi connectivity index (χ0) is 61.3. The number of imide groups is 2. The van der Waals surface area contributed by atoms with Crippen LogP contribution in [0.2, 0.25) is 0 Å². The van der Waals surface area contributed by atoms with Gasteiger partial charge in [-0.25, -0.2) is 0 Å². The summed E-state index contributed by atoms with van der Waals surface area (Å²) in [5.41, 5.74) is 7.63. The van der Waals surface area contributed by atoms with Crippen molar-refractivity contribution in [2.75, 3.05) is 19.7 Å². The Bertz CT molecular complexity index is 3620. The van der Waals surface area contributed by atoms with E-state index < -0.39 is 46.7 Å². The minimum atomic E-state index is -1.60. The number of esters is 1. The molecule has 14 heteroatoms. The number of allylic oxidation sites excluding steroid dienone is 4. The van der Waals surface area contributed by atoms with Crippen LogP contribution in [0.5, 0.6) is 0 Å². The van der Waals surface area contributed by atoms with Gasteiger partial charge in [-0.15, -0.1) is 0 Å². The molecular weight excluding hydrogens is 1100 g/mol. The highest BCUT2D eigenvalue weighted by molar-refractivity contribution is 6.09. The van der Waals surface area contributed by atoms with Gasteiger partial charge in [0.25, 0.3) is 0 Å². The molecule has 4 aromatic carbocycles. The molecule has 4 amide bonds. The summed E-state index contributed by atoms with van der Waals surface area (Å²) in [4.78, 5) is 86.6. The molecule has 2 aliphatic heterocycles. The molecule has 10 atom stereocenters. The van der Waals surface area contributed by atoms with Gasteiger partial charge in [0.2, 0.25) is 23.6 Å². The molecule has 2 N–H and O–H groups in total. The Morgan fingerprint density at radius 3 is 1.07 bits per heavy atom. The maximum Gasteiger partial charge on any atom is 0.302 e. The van der Waals surface area contributed by atoms with E-state index in [4.69, 9.17) is 9.97 Å². The zero-order valence-corrected chi connectivity index (χ0v) is 49.2. The molecule has 8 aromatic rings. The van der Waals surface area contributed by atoms with Gasteiger partial charge in [-0.05, 0) is 114 Å². The number of likely N-dealkylation sites (tertiary alicyclic amines) is 2. The van der Waals surface area contributed by atoms with Crippen molar-refractivity contribution in [3.63, 3.8) is 0 Å². The van der Waals surface area contributed by atoms with Crippen LogP contribution in [0, 0.1) is 47.3 Å². The quantitative estimate of drug-likeness (QED) is 0.0631. The van der Waals surface area contributed by atoms with Crippen LogP contribution in [0.25, 0.3) is 11.1 Å². The number of carbonyl (C=O) groups excluding carboxylic acids is 5. The summed E-state index contributed by atoms with van der Waals surface area (Å²) in [6.07, 6.45) is 10.9. The van der Waals surface area contributed by atoms with Crippen LogP contribution in [-0.4, -0.2) is 89.2 Å². The van der Waals surface area contributed by atoms with Crippen LogP contribution in [0.3, 0.4) is 0 Å². The largest absolute Gasteiger partial charge is 0.466 e. The van der Waals surface area contributed by atoms with Crippen molar-refractivity contribution < 1.29 is 38.9 Å². The number of amides is 4. The topological polar surface area (TPSA) is 193 Å². The minimum absolute atomic E-state index is 0.141. The maximum absolute atomic E-state index is 13.9. The number of rotatable bonds is 13. The van der Waals surface area contributed by atoms with Crippen molar-refractivity contribution in [1.29, 1.82) is 0 Å². The summed E-state index contributed by atoms with van der Waals surface area (Å²) in [5.74, 6) is -4.86. The maximum atomic E-state index is 13.9. The summed E-state index contributed by atoms with van der Waals surface area (Å²) in [6.45, 7) is 7.98. The first-order valence-corrected chi connectivity index (χ1v) is 30.0. The van der Waals surface area contributed by atoms with Gasteiger partial charge in [0.05, 0.1) is 53.1 Å². The van der Waals surface area contributed by atoms with Gasteiger partial charge >= 0.3 is 5.97 Å². The molecule has 10 unspecified atom stereocenters. The number of aromatic nitrogens is 4. The van der Waals surface area contributed by atoms with E-state index >= 15 is 0 Å². The van der Waals surface area contributed by atoms with E-state index in [2.05, 4.69) is 14.7 Å². The van der Waals surface area contributed by atoms with Crippen LogP contribution in [0.1, 0.15) is 72.7 Å². The van der Waals surface area contributed by atoms with Crippen LogP contribution in [-0.2, 0) is 39.9 Å². The van der Waals surface area contributed by atoms with E-state index in [0.29, 0.717) is 53.4 Å². The third kappa shape index (κ3) is 9.82. The van der Waals surface area contributed by atoms with Crippen molar-refractivity contribution in [3.8, 4) is 0 Å². The first kappa shape index (κ1) is 58.5. The smallest absolute Gasteiger partial charge is 0.302 e. The number of ether oxygens (including phenoxy) is 1. The third-order valence-electron chi connectivity index (χ3n) is 18.1. The fourth-order valence-electron chi connectivity index (χ4n) is 14.7. The monoisotopic (exact) mass is 1170 g/mol. The Kier molecular flexibility index (Phi) is 16.3. The van der Waals surface area contributed by atoms with Crippen molar-refractivity contribution in [1.82, 2.24) is 29.7 Å². The number of hydrogen-bond acceptors (Lipinski definition) is 12. The minimum Gasteiger partial charge on any atom is -0.466 e. The zero-order valence-electron chi connectivity index (χ0n) is 49.2. The van der Waals surface area contributed by atoms with E-state index in [1.165, 1.54) is 16.7 Å². The number of nitrogens with zero attached hydrogens (tertiary/aromatic N) is 6. The molecule has 14 nitrogen and oxygen atoms in total. The molecule has 440 valence electrons. The van der Waals surface area contributed by atoms with E-state index in [1.54, 1.807) is 31.7 Å². The number of carbonyl (C=O) groups is 5. The van der Waals surface area contributed by atoms with Crippen LogP contribution < -0.4 is 0 Å². The molecule has 0 radical (unpaired) electrons. The van der Waals surface area contributed by atoms with E-state index in [9.17, 15) is 34.2 Å². The lowest BCUT2D eigenvalue weighted by molar-refractivity contribution is -0.141. The second-order valence-corrected chi connectivity index (χ2v) is 22.5. The van der Waals surface area contributed by atoms with Gasteiger partial charge in [-0.3, -0.25) is 53.7 Å². The molecule has 14 rings (SSSR count). The molecule has 4 aliphatic carbocycles. The van der Waals surface area contributed by atoms with Crippen LogP contribution in [0.15, 0.2) is 253 Å².